The van der Waals surface area contributed by atoms with Crippen molar-refractivity contribution in [2.45, 2.75) is 44.2 Å². The number of likely N-dealkylation sites (tertiary alicyclic amines) is 1. The number of aliphatic hydroxyl groups excluding tert-OH is 1. The molecule has 0 saturated carbocycles. The van der Waals surface area contributed by atoms with Crippen LogP contribution >= 0.6 is 0 Å². The van der Waals surface area contributed by atoms with Crippen molar-refractivity contribution in [3.63, 3.8) is 0 Å². The Morgan fingerprint density at radius 2 is 2.16 bits per heavy atom. The Morgan fingerprint density at radius 3 is 2.88 bits per heavy atom. The fourth-order valence-corrected chi connectivity index (χ4v) is 4.91. The number of amides is 1. The Kier molecular flexibility index (Phi) is 3.52. The van der Waals surface area contributed by atoms with Crippen LogP contribution in [0.15, 0.2) is 35.6 Å². The number of fused-ring (bicyclic) bond motifs is 1. The Hall–Kier alpha value is -2.50. The summed E-state index contributed by atoms with van der Waals surface area (Å²) in [5.41, 5.74) is 1.97. The predicted molar refractivity (Wildman–Crippen MR) is 92.2 cm³/mol. The number of hydrogen-bond donors (Lipinski definition) is 2. The van der Waals surface area contributed by atoms with E-state index in [1.165, 1.54) is 0 Å². The van der Waals surface area contributed by atoms with Gasteiger partial charge in [-0.15, -0.1) is 0 Å². The molecule has 2 N–H and O–H groups in total. The Morgan fingerprint density at radius 1 is 1.40 bits per heavy atom. The van der Waals surface area contributed by atoms with Crippen molar-refractivity contribution in [1.82, 2.24) is 4.90 Å². The van der Waals surface area contributed by atoms with E-state index in [-0.39, 0.29) is 36.8 Å². The molecule has 1 amide bonds. The van der Waals surface area contributed by atoms with E-state index in [1.54, 1.807) is 13.8 Å². The first-order valence-corrected chi connectivity index (χ1v) is 8.73. The molecule has 1 fully saturated rings. The highest BCUT2D eigenvalue weighted by Gasteiger charge is 2.62. The van der Waals surface area contributed by atoms with E-state index in [0.29, 0.717) is 12.1 Å². The fourth-order valence-electron chi connectivity index (χ4n) is 4.91. The zero-order valence-electron chi connectivity index (χ0n) is 14.4. The minimum atomic E-state index is -0.482. The maximum absolute atomic E-state index is 12.5. The van der Waals surface area contributed by atoms with Crippen LogP contribution in [0.2, 0.25) is 0 Å². The van der Waals surface area contributed by atoms with Crippen LogP contribution in [0, 0.1) is 0 Å². The molecular formula is C19H22N2O4. The minimum absolute atomic E-state index is 0.00242. The Labute approximate surface area is 146 Å². The molecule has 1 saturated heterocycles. The number of aliphatic hydroxyl groups is 1. The third kappa shape index (κ3) is 2.03. The second-order valence-corrected chi connectivity index (χ2v) is 6.93. The van der Waals surface area contributed by atoms with Crippen LogP contribution in [-0.4, -0.2) is 47.1 Å². The lowest BCUT2D eigenvalue weighted by molar-refractivity contribution is -0.139. The first-order valence-electron chi connectivity index (χ1n) is 8.73. The maximum atomic E-state index is 12.5. The van der Waals surface area contributed by atoms with Gasteiger partial charge in [0, 0.05) is 31.0 Å². The molecular weight excluding hydrogens is 320 g/mol. The molecule has 1 unspecified atom stereocenters. The second kappa shape index (κ2) is 5.51. The largest absolute Gasteiger partial charge is 0.512 e. The van der Waals surface area contributed by atoms with Gasteiger partial charge in [0.25, 0.3) is 0 Å². The van der Waals surface area contributed by atoms with Crippen molar-refractivity contribution in [2.75, 3.05) is 18.5 Å². The first-order chi connectivity index (χ1) is 12.0. The number of esters is 1. The molecule has 2 aliphatic heterocycles. The molecule has 1 aliphatic carbocycles. The van der Waals surface area contributed by atoms with Gasteiger partial charge in [-0.25, -0.2) is 4.79 Å². The van der Waals surface area contributed by atoms with Gasteiger partial charge < -0.3 is 20.1 Å². The number of rotatable bonds is 2. The topological polar surface area (TPSA) is 78.9 Å². The lowest BCUT2D eigenvalue weighted by Crippen LogP contribution is -2.55. The van der Waals surface area contributed by atoms with Crippen molar-refractivity contribution >= 4 is 17.6 Å². The summed E-state index contributed by atoms with van der Waals surface area (Å²) in [5, 5.41) is 14.1. The fraction of sp³-hybridized carbons (Fsp3) is 0.474. The molecule has 0 radical (unpaired) electrons. The third-order valence-electron chi connectivity index (χ3n) is 5.87. The van der Waals surface area contributed by atoms with Gasteiger partial charge in [0.1, 0.15) is 5.76 Å². The van der Waals surface area contributed by atoms with Crippen LogP contribution in [0.4, 0.5) is 5.69 Å². The average Bonchev–Trinajstić information content (AvgIpc) is 3.10. The number of hydrogen-bond acceptors (Lipinski definition) is 5. The van der Waals surface area contributed by atoms with Gasteiger partial charge in [0.2, 0.25) is 5.91 Å². The van der Waals surface area contributed by atoms with Crippen LogP contribution < -0.4 is 5.32 Å². The summed E-state index contributed by atoms with van der Waals surface area (Å²) in [7, 11) is 0. The molecule has 3 atom stereocenters. The summed E-state index contributed by atoms with van der Waals surface area (Å²) < 4.78 is 5.20. The number of nitrogens with one attached hydrogen (secondary N) is 1. The molecule has 1 spiro atoms. The first kappa shape index (κ1) is 16.0. The van der Waals surface area contributed by atoms with E-state index < -0.39 is 11.4 Å². The van der Waals surface area contributed by atoms with E-state index >= 15 is 0 Å². The van der Waals surface area contributed by atoms with E-state index in [9.17, 15) is 14.7 Å². The molecule has 132 valence electrons. The summed E-state index contributed by atoms with van der Waals surface area (Å²) >= 11 is 0. The lowest BCUT2D eigenvalue weighted by atomic mass is 9.64. The molecule has 4 rings (SSSR count). The minimum Gasteiger partial charge on any atom is -0.512 e. The van der Waals surface area contributed by atoms with Gasteiger partial charge in [0.05, 0.1) is 24.3 Å². The zero-order valence-corrected chi connectivity index (χ0v) is 14.4. The van der Waals surface area contributed by atoms with Crippen LogP contribution in [-0.2, 0) is 19.7 Å². The Balaban J connectivity index is 1.89. The van der Waals surface area contributed by atoms with Gasteiger partial charge in [-0.05, 0) is 25.0 Å². The van der Waals surface area contributed by atoms with Crippen molar-refractivity contribution in [3.05, 3.63) is 41.2 Å². The van der Waals surface area contributed by atoms with Crippen molar-refractivity contribution in [3.8, 4) is 0 Å². The average molecular weight is 342 g/mol. The molecule has 6 nitrogen and oxygen atoms in total. The molecule has 2 heterocycles. The summed E-state index contributed by atoms with van der Waals surface area (Å²) in [4.78, 5) is 26.5. The number of ether oxygens (including phenoxy) is 1. The van der Waals surface area contributed by atoms with Crippen LogP contribution in [0.25, 0.3) is 0 Å². The summed E-state index contributed by atoms with van der Waals surface area (Å²) in [6.07, 6.45) is 1.03. The third-order valence-corrected chi connectivity index (χ3v) is 5.87. The maximum Gasteiger partial charge on any atom is 0.339 e. The van der Waals surface area contributed by atoms with Crippen molar-refractivity contribution < 1.29 is 19.4 Å². The summed E-state index contributed by atoms with van der Waals surface area (Å²) in [6.45, 7) is 4.19. The van der Waals surface area contributed by atoms with E-state index in [4.69, 9.17) is 4.74 Å². The van der Waals surface area contributed by atoms with Gasteiger partial charge in [-0.1, -0.05) is 18.2 Å². The zero-order chi connectivity index (χ0) is 17.8. The Bertz CT molecular complexity index is 787. The predicted octanol–water partition coefficient (Wildman–Crippen LogP) is 2.12. The normalized spacial score (nSPS) is 29.6. The SMILES string of the molecule is CCOC(=O)C1=C(O)CC2N(C(C)=O)CC[C@@]23c2ccccc2N[C@@H]13. The van der Waals surface area contributed by atoms with Gasteiger partial charge in [0.15, 0.2) is 0 Å². The van der Waals surface area contributed by atoms with Gasteiger partial charge in [-0.2, -0.15) is 0 Å². The van der Waals surface area contributed by atoms with E-state index in [1.807, 2.05) is 23.1 Å². The highest BCUT2D eigenvalue weighted by molar-refractivity contribution is 5.93. The smallest absolute Gasteiger partial charge is 0.339 e. The lowest BCUT2D eigenvalue weighted by Gasteiger charge is -2.43. The number of nitrogens with zero attached hydrogens (tertiary/aromatic N) is 1. The highest BCUT2D eigenvalue weighted by Crippen LogP contribution is 2.56. The van der Waals surface area contributed by atoms with Gasteiger partial charge in [-0.3, -0.25) is 4.79 Å². The summed E-state index contributed by atoms with van der Waals surface area (Å²) in [6, 6.07) is 7.42. The monoisotopic (exact) mass is 342 g/mol. The van der Waals surface area contributed by atoms with Gasteiger partial charge >= 0.3 is 5.97 Å². The van der Waals surface area contributed by atoms with E-state index in [2.05, 4.69) is 11.4 Å². The number of para-hydroxylation sites is 1. The molecule has 1 aromatic carbocycles. The molecule has 6 heteroatoms. The molecule has 3 aliphatic rings. The number of anilines is 1. The standard InChI is InChI=1S/C19H22N2O4/c1-3-25-18(24)16-14(23)10-15-19(8-9-21(15)11(2)22)12-6-4-5-7-13(12)20-17(16)19/h4-7,15,17,20,23H,3,8-10H2,1-2H3/t15?,17-,19+/m0/s1. The van der Waals surface area contributed by atoms with Crippen molar-refractivity contribution in [2.24, 2.45) is 0 Å². The van der Waals surface area contributed by atoms with Crippen LogP contribution in [0.1, 0.15) is 32.3 Å². The molecule has 25 heavy (non-hydrogen) atoms. The highest BCUT2D eigenvalue weighted by atomic mass is 16.5. The van der Waals surface area contributed by atoms with Crippen LogP contribution in [0.5, 0.6) is 0 Å². The number of carbonyl (C=O) groups excluding carboxylic acids is 2. The molecule has 0 bridgehead atoms. The quantitative estimate of drug-likeness (QED) is 0.805. The number of carbonyl (C=O) groups is 2. The summed E-state index contributed by atoms with van der Waals surface area (Å²) in [5.74, 6) is -0.459. The van der Waals surface area contributed by atoms with Crippen LogP contribution in [0.3, 0.4) is 0 Å². The number of benzene rings is 1. The van der Waals surface area contributed by atoms with E-state index in [0.717, 1.165) is 17.7 Å². The second-order valence-electron chi connectivity index (χ2n) is 6.93. The molecule has 1 aromatic rings. The molecule has 0 aromatic heterocycles. The van der Waals surface area contributed by atoms with Crippen molar-refractivity contribution in [1.29, 1.82) is 0 Å².